The number of aromatic nitrogens is 1. The first-order chi connectivity index (χ1) is 9.65. The van der Waals surface area contributed by atoms with Crippen LogP contribution in [-0.4, -0.2) is 21.7 Å². The molecule has 4 heteroatoms. The number of pyridine rings is 1. The van der Waals surface area contributed by atoms with Crippen molar-refractivity contribution in [2.24, 2.45) is 5.10 Å². The van der Waals surface area contributed by atoms with E-state index in [0.717, 1.165) is 23.5 Å². The van der Waals surface area contributed by atoms with E-state index in [-0.39, 0.29) is 0 Å². The average Bonchev–Trinajstić information content (AvgIpc) is 2.46. The van der Waals surface area contributed by atoms with Crippen LogP contribution in [0.4, 0.5) is 0 Å². The highest BCUT2D eigenvalue weighted by Crippen LogP contribution is 2.23. The molecular formula is C16H16ClN3. The van der Waals surface area contributed by atoms with Gasteiger partial charge in [-0.15, -0.1) is 0 Å². The van der Waals surface area contributed by atoms with Crippen LogP contribution in [-0.2, 0) is 6.54 Å². The lowest BCUT2D eigenvalue weighted by Crippen LogP contribution is -2.32. The molecule has 1 aromatic carbocycles. The standard InChI is InChI=1S/C16H16ClN3/c1-11(2)20-10-13-6-4-8-18-15(13)16(19-20)12-5-3-7-14(17)9-12/h3-9,11H,10H2,1-2H3. The molecule has 102 valence electrons. The van der Waals surface area contributed by atoms with Crippen molar-refractivity contribution in [3.05, 3.63) is 64.4 Å². The van der Waals surface area contributed by atoms with Gasteiger partial charge in [0.1, 0.15) is 5.71 Å². The zero-order valence-electron chi connectivity index (χ0n) is 11.5. The molecule has 0 amide bonds. The number of fused-ring (bicyclic) bond motifs is 1. The van der Waals surface area contributed by atoms with Gasteiger partial charge in [-0.05, 0) is 32.0 Å². The van der Waals surface area contributed by atoms with Crippen molar-refractivity contribution >= 4 is 17.3 Å². The fourth-order valence-electron chi connectivity index (χ4n) is 2.29. The third-order valence-corrected chi connectivity index (χ3v) is 3.61. The van der Waals surface area contributed by atoms with Crippen LogP contribution in [0.1, 0.15) is 30.7 Å². The molecule has 0 atom stereocenters. The Kier molecular flexibility index (Phi) is 3.45. The zero-order valence-corrected chi connectivity index (χ0v) is 12.3. The maximum atomic E-state index is 6.10. The first-order valence-corrected chi connectivity index (χ1v) is 7.08. The van der Waals surface area contributed by atoms with Crippen LogP contribution in [0.5, 0.6) is 0 Å². The molecule has 0 saturated heterocycles. The van der Waals surface area contributed by atoms with Crippen LogP contribution < -0.4 is 0 Å². The third kappa shape index (κ3) is 2.41. The van der Waals surface area contributed by atoms with E-state index < -0.39 is 0 Å². The van der Waals surface area contributed by atoms with E-state index in [1.165, 1.54) is 5.56 Å². The maximum Gasteiger partial charge on any atom is 0.116 e. The number of hydrogen-bond donors (Lipinski definition) is 0. The molecule has 0 saturated carbocycles. The van der Waals surface area contributed by atoms with E-state index >= 15 is 0 Å². The SMILES string of the molecule is CC(C)N1Cc2cccnc2C(c2cccc(Cl)c2)=N1. The average molecular weight is 286 g/mol. The van der Waals surface area contributed by atoms with Crippen molar-refractivity contribution < 1.29 is 0 Å². The number of nitrogens with zero attached hydrogens (tertiary/aromatic N) is 3. The van der Waals surface area contributed by atoms with E-state index in [0.29, 0.717) is 11.1 Å². The van der Waals surface area contributed by atoms with E-state index in [1.807, 2.05) is 36.5 Å². The van der Waals surface area contributed by atoms with E-state index in [9.17, 15) is 0 Å². The molecule has 0 spiro atoms. The molecule has 1 aromatic heterocycles. The summed E-state index contributed by atoms with van der Waals surface area (Å²) in [5, 5.41) is 7.56. The van der Waals surface area contributed by atoms with Gasteiger partial charge >= 0.3 is 0 Å². The molecule has 0 N–H and O–H groups in total. The third-order valence-electron chi connectivity index (χ3n) is 3.37. The first kappa shape index (κ1) is 13.1. The monoisotopic (exact) mass is 285 g/mol. The summed E-state index contributed by atoms with van der Waals surface area (Å²) in [7, 11) is 0. The summed E-state index contributed by atoms with van der Waals surface area (Å²) in [5.74, 6) is 0. The molecule has 0 aliphatic carbocycles. The maximum absolute atomic E-state index is 6.10. The predicted molar refractivity (Wildman–Crippen MR) is 82.0 cm³/mol. The van der Waals surface area contributed by atoms with Gasteiger partial charge in [-0.2, -0.15) is 5.10 Å². The van der Waals surface area contributed by atoms with Gasteiger partial charge in [0, 0.05) is 28.4 Å². The predicted octanol–water partition coefficient (Wildman–Crippen LogP) is 3.71. The second-order valence-corrected chi connectivity index (χ2v) is 5.60. The van der Waals surface area contributed by atoms with Crippen LogP contribution in [0.2, 0.25) is 5.02 Å². The van der Waals surface area contributed by atoms with Gasteiger partial charge in [-0.25, -0.2) is 0 Å². The topological polar surface area (TPSA) is 28.5 Å². The van der Waals surface area contributed by atoms with Crippen LogP contribution in [0.15, 0.2) is 47.7 Å². The minimum absolute atomic E-state index is 0.345. The van der Waals surface area contributed by atoms with Gasteiger partial charge < -0.3 is 0 Å². The Morgan fingerprint density at radius 2 is 2.05 bits per heavy atom. The first-order valence-electron chi connectivity index (χ1n) is 6.70. The van der Waals surface area contributed by atoms with Crippen molar-refractivity contribution in [2.75, 3.05) is 0 Å². The molecule has 1 aliphatic rings. The van der Waals surface area contributed by atoms with Crippen molar-refractivity contribution in [2.45, 2.75) is 26.4 Å². The van der Waals surface area contributed by atoms with E-state index in [1.54, 1.807) is 0 Å². The number of hydrazone groups is 1. The van der Waals surface area contributed by atoms with Crippen LogP contribution >= 0.6 is 11.6 Å². The molecule has 0 unspecified atom stereocenters. The molecule has 1 aliphatic heterocycles. The van der Waals surface area contributed by atoms with Crippen molar-refractivity contribution in [3.63, 3.8) is 0 Å². The Morgan fingerprint density at radius 3 is 2.80 bits per heavy atom. The van der Waals surface area contributed by atoms with Crippen LogP contribution in [0.3, 0.4) is 0 Å². The fourth-order valence-corrected chi connectivity index (χ4v) is 2.48. The fraction of sp³-hybridized carbons (Fsp3) is 0.250. The van der Waals surface area contributed by atoms with Crippen molar-refractivity contribution in [1.29, 1.82) is 0 Å². The summed E-state index contributed by atoms with van der Waals surface area (Å²) in [6.45, 7) is 5.08. The summed E-state index contributed by atoms with van der Waals surface area (Å²) < 4.78 is 0. The molecule has 20 heavy (non-hydrogen) atoms. The molecule has 0 fully saturated rings. The number of rotatable bonds is 2. The Hall–Kier alpha value is -1.87. The Morgan fingerprint density at radius 1 is 1.20 bits per heavy atom. The molecule has 3 nitrogen and oxygen atoms in total. The van der Waals surface area contributed by atoms with Crippen LogP contribution in [0, 0.1) is 0 Å². The Labute approximate surface area is 123 Å². The minimum Gasteiger partial charge on any atom is -0.289 e. The molecule has 0 bridgehead atoms. The molecule has 0 radical (unpaired) electrons. The summed E-state index contributed by atoms with van der Waals surface area (Å²) >= 11 is 6.10. The summed E-state index contributed by atoms with van der Waals surface area (Å²) in [4.78, 5) is 4.50. The van der Waals surface area contributed by atoms with Gasteiger partial charge in [-0.1, -0.05) is 29.8 Å². The second kappa shape index (κ2) is 5.25. The summed E-state index contributed by atoms with van der Waals surface area (Å²) in [6, 6.07) is 12.2. The second-order valence-electron chi connectivity index (χ2n) is 5.16. The highest BCUT2D eigenvalue weighted by Gasteiger charge is 2.22. The van der Waals surface area contributed by atoms with Gasteiger partial charge in [0.15, 0.2) is 0 Å². The largest absolute Gasteiger partial charge is 0.289 e. The highest BCUT2D eigenvalue weighted by atomic mass is 35.5. The normalized spacial score (nSPS) is 14.2. The molecule has 2 aromatic rings. The van der Waals surface area contributed by atoms with Crippen LogP contribution in [0.25, 0.3) is 0 Å². The highest BCUT2D eigenvalue weighted by molar-refractivity contribution is 6.31. The molecule has 3 rings (SSSR count). The van der Waals surface area contributed by atoms with Gasteiger partial charge in [-0.3, -0.25) is 9.99 Å². The number of hydrogen-bond acceptors (Lipinski definition) is 3. The number of benzene rings is 1. The lowest BCUT2D eigenvalue weighted by atomic mass is 10.0. The molecule has 2 heterocycles. The quantitative estimate of drug-likeness (QED) is 0.841. The zero-order chi connectivity index (χ0) is 14.1. The van der Waals surface area contributed by atoms with Gasteiger partial charge in [0.05, 0.1) is 12.2 Å². The Balaban J connectivity index is 2.14. The lowest BCUT2D eigenvalue weighted by molar-refractivity contribution is 0.219. The summed E-state index contributed by atoms with van der Waals surface area (Å²) in [5.41, 5.74) is 4.05. The van der Waals surface area contributed by atoms with Crippen molar-refractivity contribution in [1.82, 2.24) is 9.99 Å². The lowest BCUT2D eigenvalue weighted by Gasteiger charge is -2.29. The molecular weight excluding hydrogens is 270 g/mol. The van der Waals surface area contributed by atoms with E-state index in [4.69, 9.17) is 16.7 Å². The smallest absolute Gasteiger partial charge is 0.116 e. The number of halogens is 1. The van der Waals surface area contributed by atoms with Gasteiger partial charge in [0.2, 0.25) is 0 Å². The van der Waals surface area contributed by atoms with Crippen molar-refractivity contribution in [3.8, 4) is 0 Å². The summed E-state index contributed by atoms with van der Waals surface area (Å²) in [6.07, 6.45) is 1.81. The van der Waals surface area contributed by atoms with E-state index in [2.05, 4.69) is 29.9 Å². The Bertz CT molecular complexity index is 664. The van der Waals surface area contributed by atoms with Gasteiger partial charge in [0.25, 0.3) is 0 Å². The minimum atomic E-state index is 0.345.